The summed E-state index contributed by atoms with van der Waals surface area (Å²) in [5, 5.41) is 10.6. The van der Waals surface area contributed by atoms with E-state index < -0.39 is 62.4 Å². The van der Waals surface area contributed by atoms with Gasteiger partial charge in [0.05, 0.1) is 6.61 Å². The van der Waals surface area contributed by atoms with E-state index in [4.69, 9.17) is 20.3 Å². The fourth-order valence-electron chi connectivity index (χ4n) is 2.85. The van der Waals surface area contributed by atoms with E-state index in [1.165, 1.54) is 7.05 Å². The molecule has 206 valence electrons. The number of phosphoric ester groups is 2. The minimum absolute atomic E-state index is 0.0556. The standard InChI is InChI=1S/C11H21N5O16P4/c1-13-6-9(12)14-4-15-10(6)16(2)11-7(17)8(30-33(18,19)20)5(29-11)3-28-35(24,25)32-36(26,27)31-34(21,22)23/h4-5,7-8,11,17H,1,3H2,2H3,(H,24,25)(H,26,27)(H2,12,14,15)(H2,18,19,20)(H2,21,22,23)/t5-,7?,8?,11-/m1/s1. The first-order valence-corrected chi connectivity index (χ1v) is 15.0. The first kappa shape index (κ1) is 31.0. The maximum atomic E-state index is 12.0. The number of likely N-dealkylation sites (N-methyl/N-ethyl adjacent to an activating group) is 1. The summed E-state index contributed by atoms with van der Waals surface area (Å²) in [4.78, 5) is 66.6. The zero-order valence-corrected chi connectivity index (χ0v) is 21.3. The summed E-state index contributed by atoms with van der Waals surface area (Å²) < 4.78 is 67.0. The summed E-state index contributed by atoms with van der Waals surface area (Å²) in [5.41, 5.74) is 5.63. The lowest BCUT2D eigenvalue weighted by Gasteiger charge is -2.28. The summed E-state index contributed by atoms with van der Waals surface area (Å²) in [5.74, 6) is -0.188. The molecule has 0 saturated carbocycles. The second-order valence-electron chi connectivity index (χ2n) is 6.70. The molecule has 21 nitrogen and oxygen atoms in total. The van der Waals surface area contributed by atoms with E-state index in [9.17, 15) is 42.9 Å². The van der Waals surface area contributed by atoms with Crippen LogP contribution in [-0.2, 0) is 40.7 Å². The van der Waals surface area contributed by atoms with Crippen molar-refractivity contribution >= 4 is 55.3 Å². The number of aliphatic imine (C=N–C) groups is 1. The Hall–Kier alpha value is -1.21. The Labute approximate surface area is 201 Å². The number of phosphoric acid groups is 4. The molecule has 0 aliphatic carbocycles. The number of ether oxygens (including phenoxy) is 1. The number of aromatic nitrogens is 2. The average Bonchev–Trinajstić information content (AvgIpc) is 2.97. The van der Waals surface area contributed by atoms with Gasteiger partial charge in [0.2, 0.25) is 0 Å². The van der Waals surface area contributed by atoms with Crippen LogP contribution in [-0.4, -0.2) is 89.3 Å². The molecular formula is C11H21N5O16P4. The van der Waals surface area contributed by atoms with Crippen LogP contribution in [0.1, 0.15) is 0 Å². The lowest BCUT2D eigenvalue weighted by Crippen LogP contribution is -2.43. The summed E-state index contributed by atoms with van der Waals surface area (Å²) in [6.45, 7) is 2.12. The van der Waals surface area contributed by atoms with Crippen molar-refractivity contribution in [2.24, 2.45) is 4.99 Å². The van der Waals surface area contributed by atoms with Crippen LogP contribution in [0.5, 0.6) is 0 Å². The molecule has 0 spiro atoms. The van der Waals surface area contributed by atoms with Crippen molar-refractivity contribution in [1.82, 2.24) is 9.97 Å². The highest BCUT2D eigenvalue weighted by Crippen LogP contribution is 2.66. The Bertz CT molecular complexity index is 1160. The van der Waals surface area contributed by atoms with E-state index in [2.05, 4.69) is 39.3 Å². The van der Waals surface area contributed by atoms with Gasteiger partial charge in [-0.15, -0.1) is 0 Å². The van der Waals surface area contributed by atoms with Gasteiger partial charge in [0.1, 0.15) is 30.3 Å². The van der Waals surface area contributed by atoms with Gasteiger partial charge in [-0.25, -0.2) is 28.2 Å². The molecule has 0 bridgehead atoms. The molecule has 4 unspecified atom stereocenters. The van der Waals surface area contributed by atoms with E-state index in [0.29, 0.717) is 0 Å². The van der Waals surface area contributed by atoms with Gasteiger partial charge >= 0.3 is 31.3 Å². The number of aliphatic hydroxyl groups is 1. The molecule has 9 N–H and O–H groups in total. The highest BCUT2D eigenvalue weighted by atomic mass is 31.3. The molecule has 0 aromatic carbocycles. The van der Waals surface area contributed by atoms with Crippen LogP contribution in [0.15, 0.2) is 11.3 Å². The first-order chi connectivity index (χ1) is 16.3. The molecule has 0 amide bonds. The van der Waals surface area contributed by atoms with Gasteiger partial charge in [0.15, 0.2) is 17.9 Å². The van der Waals surface area contributed by atoms with Crippen molar-refractivity contribution < 1.29 is 75.1 Å². The van der Waals surface area contributed by atoms with Gasteiger partial charge in [-0.1, -0.05) is 0 Å². The van der Waals surface area contributed by atoms with Crippen LogP contribution in [0, 0.1) is 0 Å². The molecule has 36 heavy (non-hydrogen) atoms. The zero-order valence-electron chi connectivity index (χ0n) is 17.8. The van der Waals surface area contributed by atoms with Crippen LogP contribution in [0.4, 0.5) is 17.3 Å². The van der Waals surface area contributed by atoms with Gasteiger partial charge in [-0.2, -0.15) is 8.62 Å². The van der Waals surface area contributed by atoms with Gasteiger partial charge in [0, 0.05) is 7.05 Å². The van der Waals surface area contributed by atoms with Crippen molar-refractivity contribution in [3.63, 3.8) is 0 Å². The number of hydrogen-bond acceptors (Lipinski definition) is 15. The maximum absolute atomic E-state index is 12.0. The molecule has 1 fully saturated rings. The van der Waals surface area contributed by atoms with E-state index in [0.717, 1.165) is 11.2 Å². The molecule has 0 radical (unpaired) electrons. The Morgan fingerprint density at radius 1 is 1.08 bits per heavy atom. The van der Waals surface area contributed by atoms with Crippen LogP contribution in [0.25, 0.3) is 0 Å². The van der Waals surface area contributed by atoms with E-state index >= 15 is 0 Å². The van der Waals surface area contributed by atoms with Gasteiger partial charge in [0.25, 0.3) is 0 Å². The molecule has 6 atom stereocenters. The molecule has 1 aliphatic heterocycles. The normalized spacial score (nSPS) is 26.2. The predicted octanol–water partition coefficient (Wildman–Crippen LogP) is -1.27. The number of anilines is 2. The van der Waals surface area contributed by atoms with Crippen molar-refractivity contribution in [1.29, 1.82) is 0 Å². The fourth-order valence-corrected chi connectivity index (χ4v) is 6.45. The molecule has 1 aromatic rings. The predicted molar refractivity (Wildman–Crippen MR) is 115 cm³/mol. The van der Waals surface area contributed by atoms with Crippen molar-refractivity contribution in [2.75, 3.05) is 24.3 Å². The highest BCUT2D eigenvalue weighted by molar-refractivity contribution is 7.66. The monoisotopic (exact) mass is 603 g/mol. The third-order valence-electron chi connectivity index (χ3n) is 4.09. The third kappa shape index (κ3) is 8.68. The van der Waals surface area contributed by atoms with Crippen molar-refractivity contribution in [2.45, 2.75) is 24.5 Å². The van der Waals surface area contributed by atoms with Gasteiger partial charge in [-0.05, 0) is 6.72 Å². The molecule has 25 heteroatoms. The summed E-state index contributed by atoms with van der Waals surface area (Å²) in [7, 11) is -21.1. The first-order valence-electron chi connectivity index (χ1n) is 8.91. The minimum Gasteiger partial charge on any atom is -0.386 e. The van der Waals surface area contributed by atoms with Crippen molar-refractivity contribution in [3.05, 3.63) is 6.33 Å². The largest absolute Gasteiger partial charge is 0.490 e. The summed E-state index contributed by atoms with van der Waals surface area (Å²) in [6, 6.07) is 0. The molecule has 2 heterocycles. The number of nitrogens with two attached hydrogens (primary N) is 1. The molecule has 2 rings (SSSR count). The fraction of sp³-hybridized carbons (Fsp3) is 0.545. The molecule has 1 aromatic heterocycles. The van der Waals surface area contributed by atoms with Crippen molar-refractivity contribution in [3.8, 4) is 0 Å². The van der Waals surface area contributed by atoms with Crippen LogP contribution < -0.4 is 10.6 Å². The smallest absolute Gasteiger partial charge is 0.386 e. The number of aliphatic hydroxyl groups excluding tert-OH is 1. The lowest BCUT2D eigenvalue weighted by molar-refractivity contribution is -0.0204. The van der Waals surface area contributed by atoms with Crippen LogP contribution in [0.2, 0.25) is 0 Å². The molecule has 1 aliphatic rings. The minimum atomic E-state index is -5.84. The Morgan fingerprint density at radius 3 is 2.22 bits per heavy atom. The lowest BCUT2D eigenvalue weighted by atomic mass is 10.1. The summed E-state index contributed by atoms with van der Waals surface area (Å²) >= 11 is 0. The summed E-state index contributed by atoms with van der Waals surface area (Å²) in [6.07, 6.45) is -6.11. The van der Waals surface area contributed by atoms with Crippen LogP contribution >= 0.6 is 31.3 Å². The topological polar surface area (TPSA) is 323 Å². The molecule has 1 saturated heterocycles. The SMILES string of the molecule is C=Nc1c(N)ncnc1N(C)[C@@H]1O[C@H](COP(=O)(O)OP(=O)(O)OP(=O)(O)O)C(OP(=O)(O)O)C1O. The third-order valence-corrected chi connectivity index (χ3v) is 8.41. The van der Waals surface area contributed by atoms with E-state index in [-0.39, 0.29) is 17.3 Å². The second kappa shape index (κ2) is 11.3. The Balaban J connectivity index is 2.26. The maximum Gasteiger partial charge on any atom is 0.490 e. The second-order valence-corrected chi connectivity index (χ2v) is 12.3. The Kier molecular flexibility index (Phi) is 9.70. The number of nitrogens with zero attached hydrogens (tertiary/aromatic N) is 4. The van der Waals surface area contributed by atoms with Gasteiger partial charge in [-0.3, -0.25) is 14.0 Å². The number of rotatable bonds is 12. The van der Waals surface area contributed by atoms with E-state index in [1.807, 2.05) is 0 Å². The average molecular weight is 603 g/mol. The zero-order chi connectivity index (χ0) is 27.7. The van der Waals surface area contributed by atoms with Crippen LogP contribution in [0.3, 0.4) is 0 Å². The number of hydrogen-bond donors (Lipinski definition) is 8. The van der Waals surface area contributed by atoms with Gasteiger partial charge < -0.3 is 49.8 Å². The quantitative estimate of drug-likeness (QED) is 0.102. The highest BCUT2D eigenvalue weighted by Gasteiger charge is 2.51. The number of nitrogen functional groups attached to an aromatic ring is 1. The van der Waals surface area contributed by atoms with E-state index in [1.54, 1.807) is 0 Å². The molecular weight excluding hydrogens is 582 g/mol. The Morgan fingerprint density at radius 2 is 1.69 bits per heavy atom.